The molecule has 0 aromatic heterocycles. The molecule has 1 aromatic rings. The molecule has 0 aliphatic rings. The van der Waals surface area contributed by atoms with E-state index in [1.807, 2.05) is 44.2 Å². The molecule has 0 heterocycles. The van der Waals surface area contributed by atoms with Crippen molar-refractivity contribution >= 4 is 12.0 Å². The van der Waals surface area contributed by atoms with E-state index in [9.17, 15) is 4.79 Å². The Balaban J connectivity index is 2.93. The minimum absolute atomic E-state index is 0.306. The van der Waals surface area contributed by atoms with Crippen molar-refractivity contribution in [3.05, 3.63) is 47.6 Å². The van der Waals surface area contributed by atoms with E-state index in [1.54, 1.807) is 19.1 Å². The van der Waals surface area contributed by atoms with E-state index >= 15 is 0 Å². The van der Waals surface area contributed by atoms with Crippen molar-refractivity contribution in [3.63, 3.8) is 0 Å². The van der Waals surface area contributed by atoms with Crippen molar-refractivity contribution in [2.75, 3.05) is 0 Å². The molecular formula is C14H16O2. The summed E-state index contributed by atoms with van der Waals surface area (Å²) in [4.78, 5) is 11.6. The fraction of sp³-hybridized carbons (Fsp3) is 0.214. The summed E-state index contributed by atoms with van der Waals surface area (Å²) in [7, 11) is 0. The number of allylic oxidation sites excluding steroid dienone is 2. The van der Waals surface area contributed by atoms with Gasteiger partial charge in [0.1, 0.15) is 5.75 Å². The largest absolute Gasteiger partial charge is 0.423 e. The van der Waals surface area contributed by atoms with Gasteiger partial charge in [0.2, 0.25) is 0 Å². The molecule has 16 heavy (non-hydrogen) atoms. The van der Waals surface area contributed by atoms with Crippen LogP contribution in [0.5, 0.6) is 5.75 Å². The maximum absolute atomic E-state index is 11.6. The molecule has 0 bridgehead atoms. The van der Waals surface area contributed by atoms with Crippen LogP contribution in [0.4, 0.5) is 0 Å². The van der Waals surface area contributed by atoms with Gasteiger partial charge in [-0.05, 0) is 26.8 Å². The van der Waals surface area contributed by atoms with Crippen LogP contribution >= 0.6 is 0 Å². The highest BCUT2D eigenvalue weighted by Gasteiger charge is 2.08. The molecule has 0 saturated carbocycles. The first-order valence-electron chi connectivity index (χ1n) is 5.26. The zero-order chi connectivity index (χ0) is 12.0. The highest BCUT2D eigenvalue weighted by Crippen LogP contribution is 2.20. The third-order valence-corrected chi connectivity index (χ3v) is 2.22. The van der Waals surface area contributed by atoms with Crippen molar-refractivity contribution < 1.29 is 9.53 Å². The number of carbonyl (C=O) groups excluding carboxylic acids is 1. The molecular weight excluding hydrogens is 200 g/mol. The van der Waals surface area contributed by atoms with Gasteiger partial charge in [-0.1, -0.05) is 36.4 Å². The van der Waals surface area contributed by atoms with Gasteiger partial charge in [0.25, 0.3) is 0 Å². The van der Waals surface area contributed by atoms with E-state index in [2.05, 4.69) is 0 Å². The molecule has 0 aliphatic carbocycles. The Labute approximate surface area is 96.2 Å². The third kappa shape index (κ3) is 3.09. The van der Waals surface area contributed by atoms with E-state index in [4.69, 9.17) is 4.74 Å². The number of para-hydroxylation sites is 1. The molecule has 0 N–H and O–H groups in total. The molecule has 84 valence electrons. The summed E-state index contributed by atoms with van der Waals surface area (Å²) in [5, 5.41) is 0. The number of hydrogen-bond donors (Lipinski definition) is 0. The molecule has 1 aromatic carbocycles. The lowest BCUT2D eigenvalue weighted by Crippen LogP contribution is -2.09. The van der Waals surface area contributed by atoms with Crippen LogP contribution in [0.15, 0.2) is 42.0 Å². The van der Waals surface area contributed by atoms with Crippen LogP contribution in [0.1, 0.15) is 26.3 Å². The topological polar surface area (TPSA) is 26.3 Å². The Kier molecular flexibility index (Phi) is 4.52. The maximum Gasteiger partial charge on any atom is 0.338 e. The molecule has 1 rings (SSSR count). The van der Waals surface area contributed by atoms with Crippen LogP contribution in [-0.2, 0) is 4.79 Å². The number of rotatable bonds is 3. The van der Waals surface area contributed by atoms with Gasteiger partial charge in [0.05, 0.1) is 0 Å². The Hall–Kier alpha value is -1.83. The van der Waals surface area contributed by atoms with Crippen molar-refractivity contribution in [1.29, 1.82) is 0 Å². The molecule has 0 amide bonds. The summed E-state index contributed by atoms with van der Waals surface area (Å²) >= 11 is 0. The van der Waals surface area contributed by atoms with Crippen LogP contribution in [0.2, 0.25) is 0 Å². The van der Waals surface area contributed by atoms with E-state index in [-0.39, 0.29) is 5.97 Å². The number of esters is 1. The molecule has 2 heteroatoms. The first-order valence-corrected chi connectivity index (χ1v) is 5.26. The van der Waals surface area contributed by atoms with E-state index in [0.29, 0.717) is 11.3 Å². The molecule has 0 aliphatic heterocycles. The molecule has 0 spiro atoms. The Morgan fingerprint density at radius 2 is 1.94 bits per heavy atom. The first kappa shape index (κ1) is 12.2. The van der Waals surface area contributed by atoms with Gasteiger partial charge >= 0.3 is 5.97 Å². The van der Waals surface area contributed by atoms with E-state index in [1.165, 1.54) is 0 Å². The molecule has 2 nitrogen and oxygen atoms in total. The van der Waals surface area contributed by atoms with Crippen LogP contribution in [0, 0.1) is 0 Å². The summed E-state index contributed by atoms with van der Waals surface area (Å²) in [5.74, 6) is 0.284. The molecule has 0 unspecified atom stereocenters. The second kappa shape index (κ2) is 5.91. The van der Waals surface area contributed by atoms with Crippen LogP contribution in [0.3, 0.4) is 0 Å². The Morgan fingerprint density at radius 1 is 1.25 bits per heavy atom. The lowest BCUT2D eigenvalue weighted by atomic mass is 10.2. The Morgan fingerprint density at radius 3 is 2.56 bits per heavy atom. The minimum atomic E-state index is -0.306. The zero-order valence-corrected chi connectivity index (χ0v) is 9.86. The molecule has 0 fully saturated rings. The summed E-state index contributed by atoms with van der Waals surface area (Å²) in [6, 6.07) is 7.46. The van der Waals surface area contributed by atoms with Crippen molar-refractivity contribution in [2.45, 2.75) is 20.8 Å². The Bertz CT molecular complexity index is 428. The second-order valence-electron chi connectivity index (χ2n) is 3.40. The van der Waals surface area contributed by atoms with E-state index in [0.717, 1.165) is 5.56 Å². The fourth-order valence-electron chi connectivity index (χ4n) is 1.19. The van der Waals surface area contributed by atoms with Crippen LogP contribution in [0.25, 0.3) is 6.08 Å². The predicted molar refractivity (Wildman–Crippen MR) is 66.2 cm³/mol. The fourth-order valence-corrected chi connectivity index (χ4v) is 1.19. The van der Waals surface area contributed by atoms with Gasteiger partial charge in [-0.2, -0.15) is 0 Å². The lowest BCUT2D eigenvalue weighted by molar-refractivity contribution is -0.130. The number of benzene rings is 1. The zero-order valence-electron chi connectivity index (χ0n) is 9.86. The SMILES string of the molecule is C/C=C\c1ccccc1OC(=O)/C(C)=C/C. The third-order valence-electron chi connectivity index (χ3n) is 2.22. The smallest absolute Gasteiger partial charge is 0.338 e. The van der Waals surface area contributed by atoms with Crippen LogP contribution in [-0.4, -0.2) is 5.97 Å². The van der Waals surface area contributed by atoms with Crippen molar-refractivity contribution in [3.8, 4) is 5.75 Å². The molecule has 0 atom stereocenters. The highest BCUT2D eigenvalue weighted by atomic mass is 16.5. The van der Waals surface area contributed by atoms with Crippen LogP contribution < -0.4 is 4.74 Å². The van der Waals surface area contributed by atoms with Gasteiger partial charge < -0.3 is 4.74 Å². The average molecular weight is 216 g/mol. The van der Waals surface area contributed by atoms with E-state index < -0.39 is 0 Å². The van der Waals surface area contributed by atoms with Gasteiger partial charge in [-0.15, -0.1) is 0 Å². The quantitative estimate of drug-likeness (QED) is 0.438. The van der Waals surface area contributed by atoms with Crippen molar-refractivity contribution in [2.24, 2.45) is 0 Å². The van der Waals surface area contributed by atoms with Crippen molar-refractivity contribution in [1.82, 2.24) is 0 Å². The number of carbonyl (C=O) groups is 1. The molecule has 0 radical (unpaired) electrons. The lowest BCUT2D eigenvalue weighted by Gasteiger charge is -2.07. The number of ether oxygens (including phenoxy) is 1. The van der Waals surface area contributed by atoms with Gasteiger partial charge in [-0.25, -0.2) is 4.79 Å². The average Bonchev–Trinajstić information content (AvgIpc) is 2.31. The maximum atomic E-state index is 11.6. The summed E-state index contributed by atoms with van der Waals surface area (Å²) < 4.78 is 5.29. The van der Waals surface area contributed by atoms with Gasteiger partial charge in [0, 0.05) is 11.1 Å². The summed E-state index contributed by atoms with van der Waals surface area (Å²) in [5.41, 5.74) is 1.51. The highest BCUT2D eigenvalue weighted by molar-refractivity contribution is 5.89. The number of hydrogen-bond acceptors (Lipinski definition) is 2. The van der Waals surface area contributed by atoms with Gasteiger partial charge in [-0.3, -0.25) is 0 Å². The second-order valence-corrected chi connectivity index (χ2v) is 3.40. The predicted octanol–water partition coefficient (Wildman–Crippen LogP) is 3.59. The monoisotopic (exact) mass is 216 g/mol. The van der Waals surface area contributed by atoms with Gasteiger partial charge in [0.15, 0.2) is 0 Å². The molecule has 0 saturated heterocycles. The standard InChI is InChI=1S/C14H16O2/c1-4-8-12-9-6-7-10-13(12)16-14(15)11(3)5-2/h4-10H,1-3H3/b8-4-,11-5+. The normalized spacial score (nSPS) is 11.8. The summed E-state index contributed by atoms with van der Waals surface area (Å²) in [6.07, 6.45) is 5.56. The first-order chi connectivity index (χ1) is 7.69. The minimum Gasteiger partial charge on any atom is -0.423 e. The summed E-state index contributed by atoms with van der Waals surface area (Å²) in [6.45, 7) is 5.48.